The molecule has 1 aliphatic carbocycles. The Morgan fingerprint density at radius 2 is 2.11 bits per heavy atom. The van der Waals surface area contributed by atoms with Crippen molar-refractivity contribution in [3.63, 3.8) is 0 Å². The highest BCUT2D eigenvalue weighted by molar-refractivity contribution is 5.74. The van der Waals surface area contributed by atoms with E-state index in [0.717, 1.165) is 37.2 Å². The molecule has 0 radical (unpaired) electrons. The molecule has 28 heavy (non-hydrogen) atoms. The average molecular weight is 387 g/mol. The van der Waals surface area contributed by atoms with Crippen molar-refractivity contribution in [3.8, 4) is 0 Å². The number of fused-ring (bicyclic) bond motifs is 2. The predicted molar refractivity (Wildman–Crippen MR) is 108 cm³/mol. The van der Waals surface area contributed by atoms with Crippen LogP contribution in [0.5, 0.6) is 0 Å². The largest absolute Gasteiger partial charge is 0.384 e. The Morgan fingerprint density at radius 3 is 2.79 bits per heavy atom. The van der Waals surface area contributed by atoms with Crippen LogP contribution in [0, 0.1) is 10.1 Å². The maximum absolute atomic E-state index is 12.5. The molecule has 0 aromatic heterocycles. The van der Waals surface area contributed by atoms with Gasteiger partial charge in [-0.1, -0.05) is 0 Å². The molecule has 8 nitrogen and oxygen atoms in total. The van der Waals surface area contributed by atoms with Gasteiger partial charge in [0.2, 0.25) is 0 Å². The highest BCUT2D eigenvalue weighted by atomic mass is 16.6. The molecule has 152 valence electrons. The van der Waals surface area contributed by atoms with Crippen LogP contribution in [-0.4, -0.2) is 66.1 Å². The van der Waals surface area contributed by atoms with E-state index in [0.29, 0.717) is 25.0 Å². The number of anilines is 1. The second-order valence-electron chi connectivity index (χ2n) is 8.23. The van der Waals surface area contributed by atoms with E-state index in [1.807, 2.05) is 13.8 Å². The van der Waals surface area contributed by atoms with Gasteiger partial charge in [0.15, 0.2) is 0 Å². The van der Waals surface area contributed by atoms with E-state index >= 15 is 0 Å². The second-order valence-corrected chi connectivity index (χ2v) is 8.23. The molecule has 0 spiro atoms. The number of nitro groups is 1. The van der Waals surface area contributed by atoms with E-state index in [1.54, 1.807) is 17.0 Å². The van der Waals surface area contributed by atoms with Crippen LogP contribution >= 0.6 is 0 Å². The number of piperidine rings is 1. The van der Waals surface area contributed by atoms with Crippen LogP contribution in [0.25, 0.3) is 0 Å². The lowest BCUT2D eigenvalue weighted by Gasteiger charge is -2.47. The highest BCUT2D eigenvalue weighted by Gasteiger charge is 2.45. The number of rotatable bonds is 4. The van der Waals surface area contributed by atoms with Gasteiger partial charge >= 0.3 is 6.03 Å². The number of hydrogen-bond donors (Lipinski definition) is 2. The van der Waals surface area contributed by atoms with Crippen molar-refractivity contribution < 1.29 is 9.72 Å². The van der Waals surface area contributed by atoms with E-state index in [2.05, 4.69) is 22.6 Å². The van der Waals surface area contributed by atoms with Gasteiger partial charge in [0.25, 0.3) is 5.69 Å². The number of likely N-dealkylation sites (tertiary alicyclic amines) is 1. The van der Waals surface area contributed by atoms with Crippen molar-refractivity contribution in [1.29, 1.82) is 0 Å². The maximum atomic E-state index is 12.5. The molecule has 2 N–H and O–H groups in total. The summed E-state index contributed by atoms with van der Waals surface area (Å²) in [6.45, 7) is 6.99. The Morgan fingerprint density at radius 1 is 1.36 bits per heavy atom. The number of hydrogen-bond acceptors (Lipinski definition) is 5. The summed E-state index contributed by atoms with van der Waals surface area (Å²) in [4.78, 5) is 27.8. The maximum Gasteiger partial charge on any atom is 0.317 e. The number of benzene rings is 1. The number of non-ortho nitro benzene ring substituents is 1. The molecular weight excluding hydrogens is 358 g/mol. The number of carbonyl (C=O) groups excluding carboxylic acids is 1. The van der Waals surface area contributed by atoms with Gasteiger partial charge in [0, 0.05) is 67.9 Å². The molecule has 8 heteroatoms. The number of nitro benzene ring substituents is 1. The van der Waals surface area contributed by atoms with E-state index in [9.17, 15) is 14.9 Å². The van der Waals surface area contributed by atoms with Crippen molar-refractivity contribution in [2.24, 2.45) is 0 Å². The molecule has 4 atom stereocenters. The molecule has 2 amide bonds. The molecular formula is C20H29N5O3. The zero-order valence-electron chi connectivity index (χ0n) is 16.8. The van der Waals surface area contributed by atoms with Crippen molar-refractivity contribution in [1.82, 2.24) is 15.1 Å². The van der Waals surface area contributed by atoms with Gasteiger partial charge in [-0.05, 0) is 44.9 Å². The van der Waals surface area contributed by atoms with Crippen LogP contribution in [0.3, 0.4) is 0 Å². The topological polar surface area (TPSA) is 90.8 Å². The Bertz CT molecular complexity index is 794. The van der Waals surface area contributed by atoms with Crippen molar-refractivity contribution in [2.45, 2.75) is 50.6 Å². The predicted octanol–water partition coefficient (Wildman–Crippen LogP) is 2.72. The van der Waals surface area contributed by atoms with Gasteiger partial charge < -0.3 is 20.4 Å². The summed E-state index contributed by atoms with van der Waals surface area (Å²) in [6.07, 6.45) is 1.88. The first-order chi connectivity index (χ1) is 13.4. The number of carbonyl (C=O) groups is 1. The van der Waals surface area contributed by atoms with Gasteiger partial charge in [-0.2, -0.15) is 0 Å². The summed E-state index contributed by atoms with van der Waals surface area (Å²) in [5.41, 5.74) is 3.43. The summed E-state index contributed by atoms with van der Waals surface area (Å²) < 4.78 is 0. The quantitative estimate of drug-likeness (QED) is 0.612. The molecule has 1 aromatic rings. The number of urea groups is 1. The summed E-state index contributed by atoms with van der Waals surface area (Å²) >= 11 is 0. The third kappa shape index (κ3) is 3.09. The molecule has 2 heterocycles. The molecule has 2 aliphatic heterocycles. The SMILES string of the molecule is CCN(CC)C(=O)N[C@@H]1C[C@@H]2c3cc([N+](=O)[O-])cc4c3[C@@H](CN4)C[C@H]2N(C)C1. The Kier molecular flexibility index (Phi) is 4.91. The number of likely N-dealkylation sites (N-methyl/N-ethyl adjacent to an activating group) is 1. The summed E-state index contributed by atoms with van der Waals surface area (Å²) in [5.74, 6) is 0.613. The van der Waals surface area contributed by atoms with E-state index in [-0.39, 0.29) is 28.6 Å². The Hall–Kier alpha value is -2.35. The van der Waals surface area contributed by atoms with Crippen molar-refractivity contribution >= 4 is 17.4 Å². The molecule has 0 saturated carbocycles. The van der Waals surface area contributed by atoms with Gasteiger partial charge in [-0.15, -0.1) is 0 Å². The van der Waals surface area contributed by atoms with E-state index in [1.165, 1.54) is 5.56 Å². The van der Waals surface area contributed by atoms with Crippen LogP contribution in [0.15, 0.2) is 12.1 Å². The molecule has 4 rings (SSSR count). The standard InChI is InChI=1S/C20H29N5O3/c1-4-24(5-2)20(26)22-13-7-15-16-8-14(25(27)28)9-17-19(16)12(10-21-17)6-18(15)23(3)11-13/h8-9,12-13,15,18,21H,4-7,10-11H2,1-3H3,(H,22,26)/t12-,13-,15-,18-/m1/s1. The number of nitrogens with zero attached hydrogens (tertiary/aromatic N) is 3. The Balaban J connectivity index is 1.63. The lowest BCUT2D eigenvalue weighted by molar-refractivity contribution is -0.384. The minimum Gasteiger partial charge on any atom is -0.384 e. The monoisotopic (exact) mass is 387 g/mol. The zero-order valence-corrected chi connectivity index (χ0v) is 16.8. The first kappa shape index (κ1) is 19.0. The van der Waals surface area contributed by atoms with E-state index in [4.69, 9.17) is 0 Å². The first-order valence-corrected chi connectivity index (χ1v) is 10.2. The molecule has 0 unspecified atom stereocenters. The van der Waals surface area contributed by atoms with Gasteiger partial charge in [-0.25, -0.2) is 4.79 Å². The molecule has 3 aliphatic rings. The lowest BCUT2D eigenvalue weighted by atomic mass is 9.69. The third-order valence-corrected chi connectivity index (χ3v) is 6.74. The zero-order chi connectivity index (χ0) is 20.0. The fourth-order valence-electron chi connectivity index (χ4n) is 5.39. The van der Waals surface area contributed by atoms with Gasteiger partial charge in [-0.3, -0.25) is 10.1 Å². The Labute approximate surface area is 165 Å². The van der Waals surface area contributed by atoms with Gasteiger partial charge in [0.1, 0.15) is 0 Å². The smallest absolute Gasteiger partial charge is 0.317 e. The normalized spacial score (nSPS) is 28.1. The first-order valence-electron chi connectivity index (χ1n) is 10.2. The minimum absolute atomic E-state index is 0.0264. The summed E-state index contributed by atoms with van der Waals surface area (Å²) in [7, 11) is 2.11. The van der Waals surface area contributed by atoms with Crippen LogP contribution < -0.4 is 10.6 Å². The minimum atomic E-state index is -0.304. The molecule has 1 fully saturated rings. The number of amides is 2. The van der Waals surface area contributed by atoms with Crippen LogP contribution in [0.4, 0.5) is 16.2 Å². The van der Waals surface area contributed by atoms with Crippen LogP contribution in [0.1, 0.15) is 49.7 Å². The van der Waals surface area contributed by atoms with Crippen LogP contribution in [-0.2, 0) is 0 Å². The average Bonchev–Trinajstić information content (AvgIpc) is 3.07. The molecule has 1 saturated heterocycles. The highest BCUT2D eigenvalue weighted by Crippen LogP contribution is 2.51. The van der Waals surface area contributed by atoms with Gasteiger partial charge in [0.05, 0.1) is 4.92 Å². The fourth-order valence-corrected chi connectivity index (χ4v) is 5.39. The van der Waals surface area contributed by atoms with Crippen molar-refractivity contribution in [2.75, 3.05) is 38.5 Å². The van der Waals surface area contributed by atoms with Crippen molar-refractivity contribution in [3.05, 3.63) is 33.4 Å². The number of nitrogens with one attached hydrogen (secondary N) is 2. The second kappa shape index (κ2) is 7.24. The lowest BCUT2D eigenvalue weighted by Crippen LogP contribution is -2.56. The molecule has 1 aromatic carbocycles. The fraction of sp³-hybridized carbons (Fsp3) is 0.650. The third-order valence-electron chi connectivity index (χ3n) is 6.74. The summed E-state index contributed by atoms with van der Waals surface area (Å²) in [6, 6.07) is 3.82. The van der Waals surface area contributed by atoms with E-state index < -0.39 is 0 Å². The van der Waals surface area contributed by atoms with Crippen LogP contribution in [0.2, 0.25) is 0 Å². The molecule has 0 bridgehead atoms. The summed E-state index contributed by atoms with van der Waals surface area (Å²) in [5, 5.41) is 18.0.